The summed E-state index contributed by atoms with van der Waals surface area (Å²) in [5.74, 6) is 2.25. The summed E-state index contributed by atoms with van der Waals surface area (Å²) in [5.41, 5.74) is 1.35. The van der Waals surface area contributed by atoms with Crippen LogP contribution < -0.4 is 4.74 Å². The lowest BCUT2D eigenvalue weighted by Crippen LogP contribution is -1.97. The van der Waals surface area contributed by atoms with E-state index in [1.54, 1.807) is 0 Å². The van der Waals surface area contributed by atoms with Crippen LogP contribution in [0.3, 0.4) is 0 Å². The van der Waals surface area contributed by atoms with Crippen LogP contribution in [0.4, 0.5) is 0 Å². The minimum atomic E-state index is 0.579. The highest BCUT2D eigenvalue weighted by Gasteiger charge is 1.99. The van der Waals surface area contributed by atoms with Crippen LogP contribution in [0.2, 0.25) is 0 Å². The molecule has 1 nitrogen and oxygen atoms in total. The van der Waals surface area contributed by atoms with Crippen molar-refractivity contribution in [2.24, 2.45) is 0 Å². The second-order valence-corrected chi connectivity index (χ2v) is 4.35. The molecule has 1 aromatic carbocycles. The molecule has 15 heavy (non-hydrogen) atoms. The highest BCUT2D eigenvalue weighted by molar-refractivity contribution is 6.17. The molecule has 0 spiro atoms. The molecule has 1 rings (SSSR count). The van der Waals surface area contributed by atoms with Gasteiger partial charge in [0.05, 0.1) is 6.61 Å². The van der Waals surface area contributed by atoms with Gasteiger partial charge in [0.15, 0.2) is 0 Å². The standard InChI is InChI=1S/C13H19ClO/c1-11(2)12-5-7-13(8-6-12)15-10-4-3-9-14/h5-8,11H,3-4,9-10H2,1-2H3. The molecule has 0 atom stereocenters. The molecule has 0 unspecified atom stereocenters. The van der Waals surface area contributed by atoms with Gasteiger partial charge in [0, 0.05) is 5.88 Å². The first kappa shape index (κ1) is 12.4. The lowest BCUT2D eigenvalue weighted by Gasteiger charge is -2.08. The molecule has 0 saturated heterocycles. The molecule has 2 heteroatoms. The van der Waals surface area contributed by atoms with Crippen molar-refractivity contribution in [1.82, 2.24) is 0 Å². The van der Waals surface area contributed by atoms with E-state index in [-0.39, 0.29) is 0 Å². The molecule has 0 bridgehead atoms. The molecule has 0 saturated carbocycles. The van der Waals surface area contributed by atoms with Gasteiger partial charge in [0.2, 0.25) is 0 Å². The van der Waals surface area contributed by atoms with E-state index in [0.717, 1.165) is 31.1 Å². The summed E-state index contributed by atoms with van der Waals surface area (Å²) in [5, 5.41) is 0. The Bertz CT molecular complexity index is 266. The SMILES string of the molecule is CC(C)c1ccc(OCCCCCl)cc1. The first-order valence-corrected chi connectivity index (χ1v) is 6.06. The maximum Gasteiger partial charge on any atom is 0.119 e. The van der Waals surface area contributed by atoms with Gasteiger partial charge < -0.3 is 4.74 Å². The summed E-state index contributed by atoms with van der Waals surface area (Å²) in [7, 11) is 0. The first-order valence-electron chi connectivity index (χ1n) is 5.52. The van der Waals surface area contributed by atoms with Gasteiger partial charge in [-0.1, -0.05) is 26.0 Å². The average Bonchev–Trinajstić information content (AvgIpc) is 2.25. The van der Waals surface area contributed by atoms with E-state index in [9.17, 15) is 0 Å². The molecule has 0 aliphatic carbocycles. The van der Waals surface area contributed by atoms with Crippen LogP contribution in [0.5, 0.6) is 5.75 Å². The summed E-state index contributed by atoms with van der Waals surface area (Å²) in [4.78, 5) is 0. The summed E-state index contributed by atoms with van der Waals surface area (Å²) >= 11 is 5.58. The Morgan fingerprint density at radius 2 is 1.80 bits per heavy atom. The molecule has 1 aromatic rings. The molecule has 0 N–H and O–H groups in total. The van der Waals surface area contributed by atoms with Gasteiger partial charge in [-0.05, 0) is 36.5 Å². The van der Waals surface area contributed by atoms with E-state index < -0.39 is 0 Å². The van der Waals surface area contributed by atoms with Crippen LogP contribution in [0.25, 0.3) is 0 Å². The fraction of sp³-hybridized carbons (Fsp3) is 0.538. The van der Waals surface area contributed by atoms with Gasteiger partial charge in [-0.2, -0.15) is 0 Å². The van der Waals surface area contributed by atoms with Crippen LogP contribution in [-0.4, -0.2) is 12.5 Å². The lowest BCUT2D eigenvalue weighted by molar-refractivity contribution is 0.309. The van der Waals surface area contributed by atoms with E-state index in [0.29, 0.717) is 5.92 Å². The average molecular weight is 227 g/mol. The quantitative estimate of drug-likeness (QED) is 0.522. The third kappa shape index (κ3) is 4.57. The van der Waals surface area contributed by atoms with E-state index in [2.05, 4.69) is 26.0 Å². The highest BCUT2D eigenvalue weighted by Crippen LogP contribution is 2.18. The highest BCUT2D eigenvalue weighted by atomic mass is 35.5. The minimum absolute atomic E-state index is 0.579. The third-order valence-electron chi connectivity index (χ3n) is 2.34. The van der Waals surface area contributed by atoms with Gasteiger partial charge >= 0.3 is 0 Å². The van der Waals surface area contributed by atoms with Crippen molar-refractivity contribution in [2.75, 3.05) is 12.5 Å². The summed E-state index contributed by atoms with van der Waals surface area (Å²) in [6, 6.07) is 8.33. The van der Waals surface area contributed by atoms with E-state index in [1.165, 1.54) is 5.56 Å². The van der Waals surface area contributed by atoms with Gasteiger partial charge in [-0.3, -0.25) is 0 Å². The van der Waals surface area contributed by atoms with Gasteiger partial charge in [0.25, 0.3) is 0 Å². The van der Waals surface area contributed by atoms with Crippen molar-refractivity contribution in [3.63, 3.8) is 0 Å². The Morgan fingerprint density at radius 1 is 1.13 bits per heavy atom. The number of rotatable bonds is 6. The Balaban J connectivity index is 2.36. The van der Waals surface area contributed by atoms with Crippen molar-refractivity contribution >= 4 is 11.6 Å². The topological polar surface area (TPSA) is 9.23 Å². The number of alkyl halides is 1. The first-order chi connectivity index (χ1) is 7.24. The van der Waals surface area contributed by atoms with E-state index in [1.807, 2.05) is 12.1 Å². The molecule has 0 radical (unpaired) electrons. The maximum atomic E-state index is 5.58. The van der Waals surface area contributed by atoms with Crippen molar-refractivity contribution in [1.29, 1.82) is 0 Å². The number of benzene rings is 1. The van der Waals surface area contributed by atoms with E-state index in [4.69, 9.17) is 16.3 Å². The van der Waals surface area contributed by atoms with Crippen LogP contribution in [0, 0.1) is 0 Å². The normalized spacial score (nSPS) is 10.7. The Morgan fingerprint density at radius 3 is 2.33 bits per heavy atom. The number of ether oxygens (including phenoxy) is 1. The Kier molecular flexibility index (Phi) is 5.56. The largest absolute Gasteiger partial charge is 0.494 e. The van der Waals surface area contributed by atoms with Gasteiger partial charge in [-0.25, -0.2) is 0 Å². The molecule has 0 aliphatic rings. The lowest BCUT2D eigenvalue weighted by atomic mass is 10.0. The summed E-state index contributed by atoms with van der Waals surface area (Å²) in [6.07, 6.45) is 2.04. The number of halogens is 1. The predicted molar refractivity (Wildman–Crippen MR) is 66.0 cm³/mol. The molecule has 84 valence electrons. The van der Waals surface area contributed by atoms with Crippen LogP contribution in [0.1, 0.15) is 38.2 Å². The predicted octanol–water partition coefficient (Wildman–Crippen LogP) is 4.21. The minimum Gasteiger partial charge on any atom is -0.494 e. The fourth-order valence-electron chi connectivity index (χ4n) is 1.34. The molecule has 0 heterocycles. The number of hydrogen-bond donors (Lipinski definition) is 0. The molecule has 0 fully saturated rings. The summed E-state index contributed by atoms with van der Waals surface area (Å²) in [6.45, 7) is 5.14. The second kappa shape index (κ2) is 6.73. The van der Waals surface area contributed by atoms with Crippen molar-refractivity contribution in [2.45, 2.75) is 32.6 Å². The Hall–Kier alpha value is -0.690. The smallest absolute Gasteiger partial charge is 0.119 e. The Labute approximate surface area is 97.4 Å². The van der Waals surface area contributed by atoms with E-state index >= 15 is 0 Å². The molecule has 0 amide bonds. The fourth-order valence-corrected chi connectivity index (χ4v) is 1.52. The van der Waals surface area contributed by atoms with Gasteiger partial charge in [-0.15, -0.1) is 11.6 Å². The molecule has 0 aromatic heterocycles. The monoisotopic (exact) mass is 226 g/mol. The third-order valence-corrected chi connectivity index (χ3v) is 2.61. The number of unbranched alkanes of at least 4 members (excludes halogenated alkanes) is 1. The molecular formula is C13H19ClO. The zero-order valence-electron chi connectivity index (χ0n) is 9.50. The van der Waals surface area contributed by atoms with Crippen LogP contribution in [0.15, 0.2) is 24.3 Å². The maximum absolute atomic E-state index is 5.58. The molecular weight excluding hydrogens is 208 g/mol. The number of hydrogen-bond acceptors (Lipinski definition) is 1. The van der Waals surface area contributed by atoms with Gasteiger partial charge in [0.1, 0.15) is 5.75 Å². The second-order valence-electron chi connectivity index (χ2n) is 3.97. The van der Waals surface area contributed by atoms with Crippen LogP contribution in [-0.2, 0) is 0 Å². The van der Waals surface area contributed by atoms with Crippen molar-refractivity contribution in [3.05, 3.63) is 29.8 Å². The molecule has 0 aliphatic heterocycles. The summed E-state index contributed by atoms with van der Waals surface area (Å²) < 4.78 is 5.58. The zero-order valence-corrected chi connectivity index (χ0v) is 10.3. The van der Waals surface area contributed by atoms with Crippen molar-refractivity contribution in [3.8, 4) is 5.75 Å². The zero-order chi connectivity index (χ0) is 11.1. The van der Waals surface area contributed by atoms with Crippen molar-refractivity contribution < 1.29 is 4.74 Å². The van der Waals surface area contributed by atoms with Crippen LogP contribution >= 0.6 is 11.6 Å².